The average Bonchev–Trinajstić information content (AvgIpc) is 2.89. The lowest BCUT2D eigenvalue weighted by atomic mass is 10.3. The van der Waals surface area contributed by atoms with E-state index in [1.165, 1.54) is 0 Å². The Morgan fingerprint density at radius 1 is 1.50 bits per heavy atom. The highest BCUT2D eigenvalue weighted by atomic mass is 79.9. The molecule has 2 aromatic rings. The molecule has 0 fully saturated rings. The second kappa shape index (κ2) is 6.56. The minimum Gasteiger partial charge on any atom is -0.480 e. The highest BCUT2D eigenvalue weighted by Crippen LogP contribution is 2.25. The molecule has 1 atom stereocenters. The number of nitrogens with one attached hydrogen (secondary N) is 1. The van der Waals surface area contributed by atoms with Gasteiger partial charge in [0, 0.05) is 12.7 Å². The average molecular weight is 338 g/mol. The lowest BCUT2D eigenvalue weighted by molar-refractivity contribution is -0.122. The molecule has 20 heavy (non-hydrogen) atoms. The van der Waals surface area contributed by atoms with E-state index in [0.29, 0.717) is 11.4 Å². The summed E-state index contributed by atoms with van der Waals surface area (Å²) in [6.45, 7) is 4.45. The molecular formula is C14H16BrN3O2. The maximum atomic E-state index is 12.0. The Morgan fingerprint density at radius 2 is 2.25 bits per heavy atom. The number of aromatic nitrogens is 2. The first kappa shape index (κ1) is 14.6. The number of halogens is 1. The Labute approximate surface area is 126 Å². The zero-order chi connectivity index (χ0) is 14.5. The summed E-state index contributed by atoms with van der Waals surface area (Å²) in [5, 5.41) is 6.87. The molecule has 106 valence electrons. The molecule has 1 N–H and O–H groups in total. The number of carbonyl (C=O) groups excluding carboxylic acids is 1. The molecule has 0 saturated carbocycles. The van der Waals surface area contributed by atoms with Crippen molar-refractivity contribution < 1.29 is 9.53 Å². The van der Waals surface area contributed by atoms with E-state index in [9.17, 15) is 4.79 Å². The minimum absolute atomic E-state index is 0.212. The highest BCUT2D eigenvalue weighted by molar-refractivity contribution is 9.10. The van der Waals surface area contributed by atoms with Crippen molar-refractivity contribution >= 4 is 27.5 Å². The molecule has 0 aliphatic carbocycles. The monoisotopic (exact) mass is 337 g/mol. The maximum absolute atomic E-state index is 12.0. The van der Waals surface area contributed by atoms with Gasteiger partial charge >= 0.3 is 0 Å². The number of hydrogen-bond donors (Lipinski definition) is 1. The molecular weight excluding hydrogens is 322 g/mol. The van der Waals surface area contributed by atoms with E-state index >= 15 is 0 Å². The van der Waals surface area contributed by atoms with Gasteiger partial charge in [0.25, 0.3) is 5.91 Å². The number of nitrogens with zero attached hydrogens (tertiary/aromatic N) is 2. The van der Waals surface area contributed by atoms with Gasteiger partial charge in [-0.1, -0.05) is 12.1 Å². The molecule has 0 aliphatic rings. The van der Waals surface area contributed by atoms with E-state index in [-0.39, 0.29) is 5.91 Å². The lowest BCUT2D eigenvalue weighted by Gasteiger charge is -2.14. The van der Waals surface area contributed by atoms with Crippen LogP contribution in [0.25, 0.3) is 0 Å². The first-order valence-electron chi connectivity index (χ1n) is 6.34. The summed E-state index contributed by atoms with van der Waals surface area (Å²) in [5.41, 5.74) is 0.666. The smallest absolute Gasteiger partial charge is 0.265 e. The number of para-hydroxylation sites is 1. The van der Waals surface area contributed by atoms with Crippen molar-refractivity contribution in [3.8, 4) is 5.75 Å². The summed E-state index contributed by atoms with van der Waals surface area (Å²) in [5.74, 6) is 0.427. The van der Waals surface area contributed by atoms with Crippen LogP contribution in [0.2, 0.25) is 0 Å². The molecule has 6 heteroatoms. The molecule has 0 aliphatic heterocycles. The van der Waals surface area contributed by atoms with Crippen molar-refractivity contribution in [3.63, 3.8) is 0 Å². The van der Waals surface area contributed by atoms with E-state index in [1.807, 2.05) is 31.2 Å². The van der Waals surface area contributed by atoms with Gasteiger partial charge in [0.1, 0.15) is 5.75 Å². The van der Waals surface area contributed by atoms with E-state index in [2.05, 4.69) is 26.3 Å². The molecule has 1 amide bonds. The van der Waals surface area contributed by atoms with Gasteiger partial charge < -0.3 is 10.1 Å². The molecule has 0 spiro atoms. The van der Waals surface area contributed by atoms with Gasteiger partial charge in [0.05, 0.1) is 16.4 Å². The maximum Gasteiger partial charge on any atom is 0.265 e. The summed E-state index contributed by atoms with van der Waals surface area (Å²) in [6.07, 6.45) is 2.80. The normalized spacial score (nSPS) is 11.9. The van der Waals surface area contributed by atoms with Crippen molar-refractivity contribution in [1.29, 1.82) is 0 Å². The molecule has 0 bridgehead atoms. The molecule has 1 heterocycles. The fourth-order valence-corrected chi connectivity index (χ4v) is 2.01. The van der Waals surface area contributed by atoms with Crippen molar-refractivity contribution in [2.45, 2.75) is 26.5 Å². The van der Waals surface area contributed by atoms with Gasteiger partial charge in [-0.25, -0.2) is 0 Å². The van der Waals surface area contributed by atoms with Gasteiger partial charge in [-0.05, 0) is 41.9 Å². The van der Waals surface area contributed by atoms with Crippen LogP contribution in [-0.2, 0) is 11.3 Å². The summed E-state index contributed by atoms with van der Waals surface area (Å²) < 4.78 is 8.19. The Bertz CT molecular complexity index is 598. The summed E-state index contributed by atoms with van der Waals surface area (Å²) in [6, 6.07) is 7.42. The lowest BCUT2D eigenvalue weighted by Crippen LogP contribution is -2.30. The quantitative estimate of drug-likeness (QED) is 0.912. The van der Waals surface area contributed by atoms with Gasteiger partial charge in [-0.3, -0.25) is 9.48 Å². The fraction of sp³-hybridized carbons (Fsp3) is 0.286. The van der Waals surface area contributed by atoms with E-state index < -0.39 is 6.10 Å². The summed E-state index contributed by atoms with van der Waals surface area (Å²) in [4.78, 5) is 12.0. The number of anilines is 1. The predicted molar refractivity (Wildman–Crippen MR) is 80.8 cm³/mol. The molecule has 5 nitrogen and oxygen atoms in total. The topological polar surface area (TPSA) is 56.2 Å². The number of ether oxygens (including phenoxy) is 1. The van der Waals surface area contributed by atoms with Crippen molar-refractivity contribution in [1.82, 2.24) is 9.78 Å². The number of hydrogen-bond acceptors (Lipinski definition) is 3. The van der Waals surface area contributed by atoms with Gasteiger partial charge in [-0.2, -0.15) is 5.10 Å². The van der Waals surface area contributed by atoms with E-state index in [0.717, 1.165) is 11.0 Å². The van der Waals surface area contributed by atoms with Crippen LogP contribution >= 0.6 is 15.9 Å². The Morgan fingerprint density at radius 3 is 2.90 bits per heavy atom. The third-order valence-electron chi connectivity index (χ3n) is 2.73. The van der Waals surface area contributed by atoms with Crippen molar-refractivity contribution in [3.05, 3.63) is 41.1 Å². The van der Waals surface area contributed by atoms with Crippen LogP contribution in [0.4, 0.5) is 5.69 Å². The van der Waals surface area contributed by atoms with Crippen molar-refractivity contribution in [2.24, 2.45) is 0 Å². The van der Waals surface area contributed by atoms with Crippen LogP contribution in [0.15, 0.2) is 41.1 Å². The molecule has 0 saturated heterocycles. The molecule has 0 unspecified atom stereocenters. The number of carbonyl (C=O) groups is 1. The van der Waals surface area contributed by atoms with E-state index in [1.54, 1.807) is 24.0 Å². The fourth-order valence-electron chi connectivity index (χ4n) is 1.63. The van der Waals surface area contributed by atoms with Crippen LogP contribution in [-0.4, -0.2) is 21.8 Å². The second-order valence-corrected chi connectivity index (χ2v) is 5.12. The van der Waals surface area contributed by atoms with Crippen LogP contribution in [0.1, 0.15) is 13.8 Å². The van der Waals surface area contributed by atoms with Crippen LogP contribution in [0, 0.1) is 0 Å². The zero-order valence-corrected chi connectivity index (χ0v) is 12.9. The van der Waals surface area contributed by atoms with Gasteiger partial charge in [-0.15, -0.1) is 0 Å². The SMILES string of the molecule is CCn1cc(NC(=O)[C@H](C)Oc2ccccc2Br)cn1. The Balaban J connectivity index is 1.97. The molecule has 2 rings (SSSR count). The second-order valence-electron chi connectivity index (χ2n) is 4.26. The third-order valence-corrected chi connectivity index (χ3v) is 3.39. The summed E-state index contributed by atoms with van der Waals surface area (Å²) >= 11 is 3.38. The number of amides is 1. The van der Waals surface area contributed by atoms with Crippen molar-refractivity contribution in [2.75, 3.05) is 5.32 Å². The first-order valence-corrected chi connectivity index (χ1v) is 7.14. The highest BCUT2D eigenvalue weighted by Gasteiger charge is 2.16. The molecule has 1 aromatic carbocycles. The molecule has 0 radical (unpaired) electrons. The third kappa shape index (κ3) is 3.60. The Hall–Kier alpha value is -1.82. The first-order chi connectivity index (χ1) is 9.60. The summed E-state index contributed by atoms with van der Waals surface area (Å²) in [7, 11) is 0. The molecule has 1 aromatic heterocycles. The largest absolute Gasteiger partial charge is 0.480 e. The number of benzene rings is 1. The van der Waals surface area contributed by atoms with Gasteiger partial charge in [0.15, 0.2) is 6.10 Å². The Kier molecular flexibility index (Phi) is 4.79. The standard InChI is InChI=1S/C14H16BrN3O2/c1-3-18-9-11(8-16-18)17-14(19)10(2)20-13-7-5-4-6-12(13)15/h4-10H,3H2,1-2H3,(H,17,19)/t10-/m0/s1. The number of rotatable bonds is 5. The van der Waals surface area contributed by atoms with E-state index in [4.69, 9.17) is 4.74 Å². The zero-order valence-electron chi connectivity index (χ0n) is 11.3. The van der Waals surface area contributed by atoms with Crippen LogP contribution in [0.3, 0.4) is 0 Å². The predicted octanol–water partition coefficient (Wildman–Crippen LogP) is 3.07. The minimum atomic E-state index is -0.598. The number of aryl methyl sites for hydroxylation is 1. The van der Waals surface area contributed by atoms with Gasteiger partial charge in [0.2, 0.25) is 0 Å². The van der Waals surface area contributed by atoms with Crippen LogP contribution < -0.4 is 10.1 Å². The van der Waals surface area contributed by atoms with Crippen LogP contribution in [0.5, 0.6) is 5.75 Å².